The lowest BCUT2D eigenvalue weighted by Gasteiger charge is -2.36. The highest BCUT2D eigenvalue weighted by Gasteiger charge is 2.30. The van der Waals surface area contributed by atoms with Crippen LogP contribution in [0.5, 0.6) is 0 Å². The third-order valence-electron chi connectivity index (χ3n) is 8.10. The number of rotatable bonds is 8. The van der Waals surface area contributed by atoms with Gasteiger partial charge in [-0.25, -0.2) is 4.98 Å². The lowest BCUT2D eigenvalue weighted by atomic mass is 9.91. The lowest BCUT2D eigenvalue weighted by molar-refractivity contribution is -0.133. The van der Waals surface area contributed by atoms with E-state index in [2.05, 4.69) is 120 Å². The molecule has 1 unspecified atom stereocenters. The first kappa shape index (κ1) is 26.9. The summed E-state index contributed by atoms with van der Waals surface area (Å²) in [5, 5.41) is 1.11. The molecule has 0 aliphatic carbocycles. The molecule has 4 heteroatoms. The Bertz CT molecular complexity index is 1600. The average molecular weight is 540 g/mol. The number of hydrogen-bond donors (Lipinski definition) is 0. The smallest absolute Gasteiger partial charge is 0.236 e. The van der Waals surface area contributed by atoms with Gasteiger partial charge in [-0.15, -0.1) is 0 Å². The summed E-state index contributed by atoms with van der Waals surface area (Å²) in [6, 6.07) is 40.1. The maximum absolute atomic E-state index is 13.8. The summed E-state index contributed by atoms with van der Waals surface area (Å²) in [6.45, 7) is 4.81. The fraction of sp³-hybridized carbons (Fsp3) is 0.243. The Kier molecular flexibility index (Phi) is 8.20. The van der Waals surface area contributed by atoms with Gasteiger partial charge < -0.3 is 4.90 Å². The second-order valence-corrected chi connectivity index (χ2v) is 11.1. The van der Waals surface area contributed by atoms with Crippen LogP contribution in [-0.2, 0) is 11.3 Å². The zero-order chi connectivity index (χ0) is 28.0. The molecule has 1 saturated heterocycles. The van der Waals surface area contributed by atoms with Crippen molar-refractivity contribution in [3.8, 4) is 11.3 Å². The molecule has 0 N–H and O–H groups in total. The SMILES string of the molecule is Cc1ccc2nc(-c3ccccc3)c(C(c3ccccc3)N(CC(=O)N3CCCCC3)Cc3ccccc3)cc2c1. The highest BCUT2D eigenvalue weighted by atomic mass is 16.2. The van der Waals surface area contributed by atoms with Crippen molar-refractivity contribution in [3.05, 3.63) is 138 Å². The Morgan fingerprint density at radius 2 is 1.46 bits per heavy atom. The van der Waals surface area contributed by atoms with Crippen molar-refractivity contribution >= 4 is 16.8 Å². The van der Waals surface area contributed by atoms with Gasteiger partial charge in [-0.05, 0) is 55.5 Å². The van der Waals surface area contributed by atoms with Crippen LogP contribution in [0.1, 0.15) is 47.6 Å². The molecule has 1 atom stereocenters. The first-order valence-corrected chi connectivity index (χ1v) is 14.7. The fourth-order valence-corrected chi connectivity index (χ4v) is 6.04. The van der Waals surface area contributed by atoms with Crippen molar-refractivity contribution in [2.45, 2.75) is 38.8 Å². The number of aryl methyl sites for hydroxylation is 1. The van der Waals surface area contributed by atoms with Crippen LogP contribution in [-0.4, -0.2) is 40.3 Å². The van der Waals surface area contributed by atoms with E-state index < -0.39 is 0 Å². The standard InChI is InChI=1S/C37H37N3O/c1-28-20-21-34-32(24-28)25-33(36(38-34)30-16-8-3-9-17-30)37(31-18-10-4-11-19-31)40(26-29-14-6-2-7-15-29)27-35(41)39-22-12-5-13-23-39/h2-4,6-11,14-21,24-25,37H,5,12-13,22-23,26-27H2,1H3. The van der Waals surface area contributed by atoms with E-state index in [1.807, 2.05) is 12.1 Å². The van der Waals surface area contributed by atoms with Crippen LogP contribution < -0.4 is 0 Å². The minimum absolute atomic E-state index is 0.169. The van der Waals surface area contributed by atoms with Gasteiger partial charge in [0, 0.05) is 36.1 Å². The van der Waals surface area contributed by atoms with Crippen molar-refractivity contribution < 1.29 is 4.79 Å². The maximum atomic E-state index is 13.8. The van der Waals surface area contributed by atoms with Gasteiger partial charge in [-0.1, -0.05) is 103 Å². The van der Waals surface area contributed by atoms with Crippen molar-refractivity contribution in [3.63, 3.8) is 0 Å². The molecule has 2 heterocycles. The summed E-state index contributed by atoms with van der Waals surface area (Å²) in [6.07, 6.45) is 3.37. The molecular formula is C37H37N3O. The Morgan fingerprint density at radius 1 is 0.805 bits per heavy atom. The lowest BCUT2D eigenvalue weighted by Crippen LogP contribution is -2.44. The molecule has 206 valence electrons. The van der Waals surface area contributed by atoms with Crippen molar-refractivity contribution in [1.82, 2.24) is 14.8 Å². The van der Waals surface area contributed by atoms with E-state index in [0.29, 0.717) is 13.1 Å². The van der Waals surface area contributed by atoms with Gasteiger partial charge in [-0.2, -0.15) is 0 Å². The first-order chi connectivity index (χ1) is 20.2. The Hall–Kier alpha value is -4.28. The molecule has 1 aliphatic heterocycles. The third-order valence-corrected chi connectivity index (χ3v) is 8.10. The minimum atomic E-state index is -0.169. The Balaban J connectivity index is 1.54. The number of piperidine rings is 1. The van der Waals surface area contributed by atoms with Crippen molar-refractivity contribution in [2.75, 3.05) is 19.6 Å². The molecule has 1 aromatic heterocycles. The average Bonchev–Trinajstić information content (AvgIpc) is 3.02. The number of pyridine rings is 1. The Morgan fingerprint density at radius 3 is 2.17 bits per heavy atom. The number of hydrogen-bond acceptors (Lipinski definition) is 3. The predicted octanol–water partition coefficient (Wildman–Crippen LogP) is 7.81. The molecule has 5 aromatic rings. The normalized spacial score (nSPS) is 14.3. The molecule has 1 fully saturated rings. The fourth-order valence-electron chi connectivity index (χ4n) is 6.04. The monoisotopic (exact) mass is 539 g/mol. The zero-order valence-electron chi connectivity index (χ0n) is 23.7. The summed E-state index contributed by atoms with van der Waals surface area (Å²) in [5.74, 6) is 0.201. The van der Waals surface area contributed by atoms with E-state index in [1.54, 1.807) is 0 Å². The van der Waals surface area contributed by atoms with Crippen LogP contribution in [0.25, 0.3) is 22.2 Å². The van der Waals surface area contributed by atoms with Gasteiger partial charge in [0.1, 0.15) is 0 Å². The van der Waals surface area contributed by atoms with E-state index in [9.17, 15) is 4.79 Å². The van der Waals surface area contributed by atoms with E-state index in [4.69, 9.17) is 4.98 Å². The minimum Gasteiger partial charge on any atom is -0.342 e. The molecule has 4 nitrogen and oxygen atoms in total. The van der Waals surface area contributed by atoms with Gasteiger partial charge in [0.05, 0.1) is 23.8 Å². The molecule has 0 spiro atoms. The molecule has 6 rings (SSSR count). The number of carbonyl (C=O) groups excluding carboxylic acids is 1. The van der Waals surface area contributed by atoms with Crippen LogP contribution in [0.2, 0.25) is 0 Å². The molecule has 0 saturated carbocycles. The predicted molar refractivity (Wildman–Crippen MR) is 167 cm³/mol. The number of amides is 1. The molecular weight excluding hydrogens is 502 g/mol. The first-order valence-electron chi connectivity index (χ1n) is 14.7. The number of carbonyl (C=O) groups is 1. The van der Waals surface area contributed by atoms with Crippen LogP contribution in [0.4, 0.5) is 0 Å². The second-order valence-electron chi connectivity index (χ2n) is 11.1. The summed E-state index contributed by atoms with van der Waals surface area (Å²) in [5.41, 5.74) is 7.67. The highest BCUT2D eigenvalue weighted by molar-refractivity contribution is 5.85. The highest BCUT2D eigenvalue weighted by Crippen LogP contribution is 2.38. The number of benzene rings is 4. The van der Waals surface area contributed by atoms with E-state index in [-0.39, 0.29) is 11.9 Å². The van der Waals surface area contributed by atoms with Gasteiger partial charge >= 0.3 is 0 Å². The third kappa shape index (κ3) is 6.23. The van der Waals surface area contributed by atoms with Crippen molar-refractivity contribution in [2.24, 2.45) is 0 Å². The van der Waals surface area contributed by atoms with Crippen molar-refractivity contribution in [1.29, 1.82) is 0 Å². The molecule has 1 amide bonds. The topological polar surface area (TPSA) is 36.4 Å². The van der Waals surface area contributed by atoms with Crippen LogP contribution >= 0.6 is 0 Å². The molecule has 1 aliphatic rings. The molecule has 0 radical (unpaired) electrons. The summed E-state index contributed by atoms with van der Waals surface area (Å²) in [4.78, 5) is 23.5. The van der Waals surface area contributed by atoms with Crippen LogP contribution in [0.15, 0.2) is 115 Å². The quantitative estimate of drug-likeness (QED) is 0.202. The van der Waals surface area contributed by atoms with E-state index >= 15 is 0 Å². The molecule has 41 heavy (non-hydrogen) atoms. The van der Waals surface area contributed by atoms with Gasteiger partial charge in [-0.3, -0.25) is 9.69 Å². The van der Waals surface area contributed by atoms with Gasteiger partial charge in [0.2, 0.25) is 5.91 Å². The van der Waals surface area contributed by atoms with E-state index in [1.165, 1.54) is 17.5 Å². The Labute approximate surface area is 243 Å². The van der Waals surface area contributed by atoms with E-state index in [0.717, 1.165) is 59.2 Å². The van der Waals surface area contributed by atoms with Crippen LogP contribution in [0.3, 0.4) is 0 Å². The second kappa shape index (κ2) is 12.5. The summed E-state index contributed by atoms with van der Waals surface area (Å²) in [7, 11) is 0. The van der Waals surface area contributed by atoms with Gasteiger partial charge in [0.15, 0.2) is 0 Å². The number of aromatic nitrogens is 1. The number of nitrogens with zero attached hydrogens (tertiary/aromatic N) is 3. The number of fused-ring (bicyclic) bond motifs is 1. The molecule has 4 aromatic carbocycles. The van der Waals surface area contributed by atoms with Crippen LogP contribution in [0, 0.1) is 6.92 Å². The maximum Gasteiger partial charge on any atom is 0.236 e. The zero-order valence-corrected chi connectivity index (χ0v) is 23.7. The number of likely N-dealkylation sites (tertiary alicyclic amines) is 1. The summed E-state index contributed by atoms with van der Waals surface area (Å²) >= 11 is 0. The molecule has 0 bridgehead atoms. The largest absolute Gasteiger partial charge is 0.342 e. The van der Waals surface area contributed by atoms with Gasteiger partial charge in [0.25, 0.3) is 0 Å². The summed E-state index contributed by atoms with van der Waals surface area (Å²) < 4.78 is 0.